The molecule has 110 valence electrons. The molecular formula is C16H23NO3. The van der Waals surface area contributed by atoms with Crippen LogP contribution in [0, 0.1) is 11.8 Å². The molecule has 2 rings (SSSR count). The van der Waals surface area contributed by atoms with E-state index in [1.54, 1.807) is 6.07 Å². The molecule has 1 heterocycles. The molecule has 0 radical (unpaired) electrons. The molecule has 1 aromatic rings. The third kappa shape index (κ3) is 3.44. The summed E-state index contributed by atoms with van der Waals surface area (Å²) < 4.78 is 0. The second kappa shape index (κ2) is 6.16. The van der Waals surface area contributed by atoms with E-state index in [2.05, 4.69) is 6.92 Å². The first-order valence-electron chi connectivity index (χ1n) is 7.27. The molecule has 1 fully saturated rings. The van der Waals surface area contributed by atoms with Crippen molar-refractivity contribution in [2.45, 2.75) is 33.1 Å². The van der Waals surface area contributed by atoms with Crippen molar-refractivity contribution in [3.05, 3.63) is 23.8 Å². The van der Waals surface area contributed by atoms with Crippen molar-refractivity contribution in [1.29, 1.82) is 0 Å². The largest absolute Gasteiger partial charge is 0.504 e. The van der Waals surface area contributed by atoms with E-state index in [9.17, 15) is 15.0 Å². The number of benzene rings is 1. The van der Waals surface area contributed by atoms with E-state index >= 15 is 0 Å². The maximum absolute atomic E-state index is 12.4. The van der Waals surface area contributed by atoms with E-state index in [0.717, 1.165) is 31.5 Å². The minimum Gasteiger partial charge on any atom is -0.504 e. The summed E-state index contributed by atoms with van der Waals surface area (Å²) in [6, 6.07) is 4.74. The number of hydrogen-bond donors (Lipinski definition) is 2. The van der Waals surface area contributed by atoms with Crippen LogP contribution in [0.4, 0.5) is 0 Å². The monoisotopic (exact) mass is 277 g/mol. The fourth-order valence-electron chi connectivity index (χ4n) is 2.68. The Bertz CT molecular complexity index is 479. The molecule has 0 spiro atoms. The van der Waals surface area contributed by atoms with E-state index in [0.29, 0.717) is 12.3 Å². The Labute approximate surface area is 120 Å². The van der Waals surface area contributed by atoms with Crippen LogP contribution in [0.2, 0.25) is 0 Å². The Hall–Kier alpha value is -1.71. The number of carbonyl (C=O) groups excluding carboxylic acids is 1. The second-order valence-electron chi connectivity index (χ2n) is 5.94. The third-order valence-corrected chi connectivity index (χ3v) is 4.10. The zero-order valence-corrected chi connectivity index (χ0v) is 12.2. The fourth-order valence-corrected chi connectivity index (χ4v) is 2.68. The van der Waals surface area contributed by atoms with Crippen LogP contribution in [-0.4, -0.2) is 34.1 Å². The molecule has 1 aliphatic heterocycles. The fraction of sp³-hybridized carbons (Fsp3) is 0.562. The summed E-state index contributed by atoms with van der Waals surface area (Å²) in [4.78, 5) is 14.3. The predicted octanol–water partition coefficient (Wildman–Crippen LogP) is 2.53. The highest BCUT2D eigenvalue weighted by Gasteiger charge is 2.24. The van der Waals surface area contributed by atoms with Crippen molar-refractivity contribution in [2.75, 3.05) is 13.1 Å². The summed E-state index contributed by atoms with van der Waals surface area (Å²) in [5.74, 6) is 0.534. The van der Waals surface area contributed by atoms with Crippen molar-refractivity contribution in [1.82, 2.24) is 4.90 Å². The van der Waals surface area contributed by atoms with Crippen LogP contribution < -0.4 is 0 Å². The van der Waals surface area contributed by atoms with Gasteiger partial charge in [0.2, 0.25) is 5.91 Å². The number of phenols is 2. The Morgan fingerprint density at radius 3 is 2.55 bits per heavy atom. The molecule has 1 atom stereocenters. The molecule has 2 N–H and O–H groups in total. The number of likely N-dealkylation sites (tertiary alicyclic amines) is 1. The highest BCUT2D eigenvalue weighted by molar-refractivity contribution is 5.79. The first-order chi connectivity index (χ1) is 9.47. The number of hydrogen-bond acceptors (Lipinski definition) is 3. The summed E-state index contributed by atoms with van der Waals surface area (Å²) >= 11 is 0. The molecule has 1 unspecified atom stereocenters. The lowest BCUT2D eigenvalue weighted by molar-refractivity contribution is -0.136. The lowest BCUT2D eigenvalue weighted by Gasteiger charge is -2.32. The van der Waals surface area contributed by atoms with Crippen molar-refractivity contribution in [3.8, 4) is 11.5 Å². The molecule has 1 amide bonds. The van der Waals surface area contributed by atoms with E-state index in [4.69, 9.17) is 0 Å². The summed E-state index contributed by atoms with van der Waals surface area (Å²) in [5, 5.41) is 18.8. The van der Waals surface area contributed by atoms with Gasteiger partial charge in [-0.2, -0.15) is 0 Å². The van der Waals surface area contributed by atoms with Gasteiger partial charge < -0.3 is 15.1 Å². The average Bonchev–Trinajstić information content (AvgIpc) is 2.43. The van der Waals surface area contributed by atoms with Crippen LogP contribution in [0.3, 0.4) is 0 Å². The van der Waals surface area contributed by atoms with Gasteiger partial charge >= 0.3 is 0 Å². The van der Waals surface area contributed by atoms with E-state index in [-0.39, 0.29) is 23.3 Å². The Morgan fingerprint density at radius 1 is 1.30 bits per heavy atom. The van der Waals surface area contributed by atoms with Crippen molar-refractivity contribution in [2.24, 2.45) is 11.8 Å². The topological polar surface area (TPSA) is 60.8 Å². The number of rotatable bonds is 3. The van der Waals surface area contributed by atoms with E-state index < -0.39 is 0 Å². The van der Waals surface area contributed by atoms with E-state index in [1.165, 1.54) is 12.1 Å². The minimum atomic E-state index is -0.131. The van der Waals surface area contributed by atoms with Crippen molar-refractivity contribution < 1.29 is 15.0 Å². The SMILES string of the molecule is CC1CCN(C(=O)C(C)Cc2ccc(O)c(O)c2)CC1. The lowest BCUT2D eigenvalue weighted by atomic mass is 9.95. The highest BCUT2D eigenvalue weighted by atomic mass is 16.3. The summed E-state index contributed by atoms with van der Waals surface area (Å²) in [6.07, 6.45) is 2.75. The van der Waals surface area contributed by atoms with Gasteiger partial charge in [0.25, 0.3) is 0 Å². The van der Waals surface area contributed by atoms with Crippen LogP contribution in [0.25, 0.3) is 0 Å². The zero-order chi connectivity index (χ0) is 14.7. The zero-order valence-electron chi connectivity index (χ0n) is 12.2. The van der Waals surface area contributed by atoms with Gasteiger partial charge in [-0.3, -0.25) is 4.79 Å². The molecule has 20 heavy (non-hydrogen) atoms. The maximum Gasteiger partial charge on any atom is 0.225 e. The van der Waals surface area contributed by atoms with Crippen molar-refractivity contribution >= 4 is 5.91 Å². The van der Waals surface area contributed by atoms with Crippen LogP contribution in [0.1, 0.15) is 32.3 Å². The first kappa shape index (κ1) is 14.7. The Kier molecular flexibility index (Phi) is 4.53. The number of carbonyl (C=O) groups is 1. The van der Waals surface area contributed by atoms with Gasteiger partial charge in [0, 0.05) is 19.0 Å². The molecule has 0 aliphatic carbocycles. The molecule has 4 nitrogen and oxygen atoms in total. The van der Waals surface area contributed by atoms with Gasteiger partial charge in [-0.05, 0) is 42.9 Å². The number of nitrogens with zero attached hydrogens (tertiary/aromatic N) is 1. The standard InChI is InChI=1S/C16H23NO3/c1-11-5-7-17(8-6-11)16(20)12(2)9-13-3-4-14(18)15(19)10-13/h3-4,10-12,18-19H,5-9H2,1-2H3. The molecule has 0 bridgehead atoms. The van der Waals surface area contributed by atoms with Gasteiger partial charge in [-0.15, -0.1) is 0 Å². The number of phenolic OH excluding ortho intramolecular Hbond substituents is 2. The van der Waals surface area contributed by atoms with Gasteiger partial charge in [-0.1, -0.05) is 19.9 Å². The molecule has 1 saturated heterocycles. The van der Waals surface area contributed by atoms with E-state index in [1.807, 2.05) is 11.8 Å². The number of amides is 1. The summed E-state index contributed by atoms with van der Waals surface area (Å²) in [7, 11) is 0. The highest BCUT2D eigenvalue weighted by Crippen LogP contribution is 2.26. The Morgan fingerprint density at radius 2 is 1.95 bits per heavy atom. The normalized spacial score (nSPS) is 18.0. The molecule has 0 saturated carbocycles. The van der Waals surface area contributed by atoms with Crippen LogP contribution in [0.15, 0.2) is 18.2 Å². The minimum absolute atomic E-state index is 0.104. The molecule has 0 aromatic heterocycles. The summed E-state index contributed by atoms with van der Waals surface area (Å²) in [6.45, 7) is 5.85. The quantitative estimate of drug-likeness (QED) is 0.835. The van der Waals surface area contributed by atoms with Crippen LogP contribution in [0.5, 0.6) is 11.5 Å². The van der Waals surface area contributed by atoms with Gasteiger partial charge in [0.1, 0.15) is 0 Å². The smallest absolute Gasteiger partial charge is 0.225 e. The predicted molar refractivity (Wildman–Crippen MR) is 77.6 cm³/mol. The summed E-state index contributed by atoms with van der Waals surface area (Å²) in [5.41, 5.74) is 0.867. The van der Waals surface area contributed by atoms with Crippen LogP contribution in [-0.2, 0) is 11.2 Å². The van der Waals surface area contributed by atoms with Crippen molar-refractivity contribution in [3.63, 3.8) is 0 Å². The Balaban J connectivity index is 1.95. The second-order valence-corrected chi connectivity index (χ2v) is 5.94. The first-order valence-corrected chi connectivity index (χ1v) is 7.27. The number of piperidine rings is 1. The third-order valence-electron chi connectivity index (χ3n) is 4.10. The maximum atomic E-state index is 12.4. The van der Waals surface area contributed by atoms with Gasteiger partial charge in [0.15, 0.2) is 11.5 Å². The molecule has 1 aromatic carbocycles. The van der Waals surface area contributed by atoms with Crippen LogP contribution >= 0.6 is 0 Å². The average molecular weight is 277 g/mol. The van der Waals surface area contributed by atoms with Gasteiger partial charge in [-0.25, -0.2) is 0 Å². The molecular weight excluding hydrogens is 254 g/mol. The number of aromatic hydroxyl groups is 2. The molecule has 4 heteroatoms. The van der Waals surface area contributed by atoms with Gasteiger partial charge in [0.05, 0.1) is 0 Å². The lowest BCUT2D eigenvalue weighted by Crippen LogP contribution is -2.41. The molecule has 1 aliphatic rings.